The Balaban J connectivity index is 1.78. The molecule has 5 nitrogen and oxygen atoms in total. The molecule has 0 saturated carbocycles. The highest BCUT2D eigenvalue weighted by Gasteiger charge is 2.29. The first kappa shape index (κ1) is 20.7. The molecular weight excluding hydrogens is 398 g/mol. The van der Waals surface area contributed by atoms with Gasteiger partial charge in [-0.1, -0.05) is 36.4 Å². The van der Waals surface area contributed by atoms with Crippen molar-refractivity contribution in [2.45, 2.75) is 19.5 Å². The van der Waals surface area contributed by atoms with Crippen molar-refractivity contribution in [3.05, 3.63) is 77.9 Å². The lowest BCUT2D eigenvalue weighted by atomic mass is 10.1. The average molecular weight is 418 g/mol. The molecule has 1 N–H and O–H groups in total. The van der Waals surface area contributed by atoms with Gasteiger partial charge in [-0.05, 0) is 41.5 Å². The Morgan fingerprint density at radius 2 is 1.69 bits per heavy atom. The van der Waals surface area contributed by atoms with E-state index in [0.717, 1.165) is 45.1 Å². The number of fused-ring (bicyclic) bond motifs is 1. The summed E-state index contributed by atoms with van der Waals surface area (Å²) in [4.78, 5) is 12.6. The molecule has 0 aromatic heterocycles. The van der Waals surface area contributed by atoms with Gasteiger partial charge < -0.3 is 5.32 Å². The Bertz CT molecular complexity index is 1170. The molecule has 0 heterocycles. The van der Waals surface area contributed by atoms with Crippen LogP contribution in [-0.2, 0) is 21.4 Å². The Labute approximate surface area is 168 Å². The second kappa shape index (κ2) is 8.16. The van der Waals surface area contributed by atoms with Gasteiger partial charge in [0.1, 0.15) is 6.04 Å². The van der Waals surface area contributed by atoms with E-state index in [-0.39, 0.29) is 12.2 Å². The van der Waals surface area contributed by atoms with Crippen LogP contribution in [0.3, 0.4) is 0 Å². The van der Waals surface area contributed by atoms with Crippen molar-refractivity contribution < 1.29 is 22.0 Å². The van der Waals surface area contributed by atoms with Crippen molar-refractivity contribution >= 4 is 32.4 Å². The molecule has 0 unspecified atom stereocenters. The van der Waals surface area contributed by atoms with Gasteiger partial charge in [-0.15, -0.1) is 0 Å². The number of halogens is 2. The standard InChI is InChI=1S/C21H20F2N2O3S/c1-14(25(29(2,27)28)18-9-10-19(22)20(23)12-18)21(26)24-13-15-7-8-16-5-3-4-6-17(16)11-15/h3-12,14H,13H2,1-2H3,(H,24,26)/t14-/m1/s1. The number of rotatable bonds is 6. The number of benzene rings is 3. The Kier molecular flexibility index (Phi) is 5.83. The molecule has 0 aliphatic heterocycles. The number of anilines is 1. The first-order valence-corrected chi connectivity index (χ1v) is 10.7. The van der Waals surface area contributed by atoms with E-state index in [4.69, 9.17) is 0 Å². The molecule has 8 heteroatoms. The quantitative estimate of drug-likeness (QED) is 0.665. The van der Waals surface area contributed by atoms with Gasteiger partial charge in [-0.2, -0.15) is 0 Å². The normalized spacial score (nSPS) is 12.6. The molecule has 0 saturated heterocycles. The van der Waals surface area contributed by atoms with Crippen molar-refractivity contribution in [3.8, 4) is 0 Å². The molecule has 0 spiro atoms. The number of amides is 1. The first-order chi connectivity index (χ1) is 13.7. The van der Waals surface area contributed by atoms with Crippen LogP contribution in [0, 0.1) is 11.6 Å². The van der Waals surface area contributed by atoms with Gasteiger partial charge in [0.25, 0.3) is 0 Å². The van der Waals surface area contributed by atoms with E-state index >= 15 is 0 Å². The maximum absolute atomic E-state index is 13.6. The summed E-state index contributed by atoms with van der Waals surface area (Å²) in [6.45, 7) is 1.58. The predicted molar refractivity (Wildman–Crippen MR) is 109 cm³/mol. The maximum Gasteiger partial charge on any atom is 0.243 e. The SMILES string of the molecule is C[C@H](C(=O)NCc1ccc2ccccc2c1)N(c1ccc(F)c(F)c1)S(C)(=O)=O. The van der Waals surface area contributed by atoms with E-state index in [1.54, 1.807) is 0 Å². The molecule has 1 amide bonds. The first-order valence-electron chi connectivity index (χ1n) is 8.86. The third kappa shape index (κ3) is 4.71. The fourth-order valence-corrected chi connectivity index (χ4v) is 4.28. The molecule has 0 radical (unpaired) electrons. The topological polar surface area (TPSA) is 66.5 Å². The van der Waals surface area contributed by atoms with Crippen molar-refractivity contribution in [1.82, 2.24) is 5.32 Å². The summed E-state index contributed by atoms with van der Waals surface area (Å²) in [7, 11) is -3.92. The Hall–Kier alpha value is -3.00. The fraction of sp³-hybridized carbons (Fsp3) is 0.190. The van der Waals surface area contributed by atoms with Gasteiger partial charge in [0.15, 0.2) is 11.6 Å². The lowest BCUT2D eigenvalue weighted by Crippen LogP contribution is -2.47. The van der Waals surface area contributed by atoms with Crippen LogP contribution in [0.1, 0.15) is 12.5 Å². The number of carbonyl (C=O) groups is 1. The van der Waals surface area contributed by atoms with Crippen LogP contribution in [0.5, 0.6) is 0 Å². The van der Waals surface area contributed by atoms with Gasteiger partial charge in [0.05, 0.1) is 11.9 Å². The molecule has 3 aromatic rings. The highest BCUT2D eigenvalue weighted by atomic mass is 32.2. The van der Waals surface area contributed by atoms with Gasteiger partial charge >= 0.3 is 0 Å². The fourth-order valence-electron chi connectivity index (χ4n) is 3.12. The maximum atomic E-state index is 13.6. The van der Waals surface area contributed by atoms with Crippen molar-refractivity contribution in [2.24, 2.45) is 0 Å². The summed E-state index contributed by atoms with van der Waals surface area (Å²) < 4.78 is 52.0. The zero-order valence-corrected chi connectivity index (χ0v) is 16.7. The summed E-state index contributed by atoms with van der Waals surface area (Å²) in [5.74, 6) is -2.86. The molecule has 3 rings (SSSR count). The number of nitrogens with one attached hydrogen (secondary N) is 1. The largest absolute Gasteiger partial charge is 0.350 e. The molecular formula is C21H20F2N2O3S. The van der Waals surface area contributed by atoms with Crippen LogP contribution < -0.4 is 9.62 Å². The number of nitrogens with zero attached hydrogens (tertiary/aromatic N) is 1. The molecule has 152 valence electrons. The molecule has 1 atom stereocenters. The van der Waals surface area contributed by atoms with Gasteiger partial charge in [-0.25, -0.2) is 17.2 Å². The van der Waals surface area contributed by atoms with Crippen LogP contribution in [0.2, 0.25) is 0 Å². The molecule has 0 fully saturated rings. The average Bonchev–Trinajstić information content (AvgIpc) is 2.67. The summed E-state index contributed by atoms with van der Waals surface area (Å²) in [5, 5.41) is 4.79. The van der Waals surface area contributed by atoms with E-state index in [1.807, 2.05) is 42.5 Å². The van der Waals surface area contributed by atoms with Gasteiger partial charge in [0.2, 0.25) is 15.9 Å². The van der Waals surface area contributed by atoms with Crippen LogP contribution >= 0.6 is 0 Å². The molecule has 29 heavy (non-hydrogen) atoms. The second-order valence-electron chi connectivity index (χ2n) is 6.73. The third-order valence-corrected chi connectivity index (χ3v) is 5.77. The lowest BCUT2D eigenvalue weighted by Gasteiger charge is -2.28. The van der Waals surface area contributed by atoms with Crippen molar-refractivity contribution in [1.29, 1.82) is 0 Å². The van der Waals surface area contributed by atoms with Crippen LogP contribution in [0.4, 0.5) is 14.5 Å². The highest BCUT2D eigenvalue weighted by Crippen LogP contribution is 2.23. The minimum atomic E-state index is -3.92. The smallest absolute Gasteiger partial charge is 0.243 e. The third-order valence-electron chi connectivity index (χ3n) is 4.53. The minimum Gasteiger partial charge on any atom is -0.350 e. The molecule has 3 aromatic carbocycles. The lowest BCUT2D eigenvalue weighted by molar-refractivity contribution is -0.122. The summed E-state index contributed by atoms with van der Waals surface area (Å²) in [5.41, 5.74) is 0.725. The van der Waals surface area contributed by atoms with E-state index in [0.29, 0.717) is 0 Å². The number of sulfonamides is 1. The van der Waals surface area contributed by atoms with Crippen LogP contribution in [0.15, 0.2) is 60.7 Å². The molecule has 0 aliphatic rings. The highest BCUT2D eigenvalue weighted by molar-refractivity contribution is 7.92. The number of hydrogen-bond donors (Lipinski definition) is 1. The number of carbonyl (C=O) groups excluding carboxylic acids is 1. The van der Waals surface area contributed by atoms with Crippen LogP contribution in [-0.4, -0.2) is 26.6 Å². The van der Waals surface area contributed by atoms with Gasteiger partial charge in [-0.3, -0.25) is 9.10 Å². The Morgan fingerprint density at radius 3 is 2.34 bits per heavy atom. The second-order valence-corrected chi connectivity index (χ2v) is 8.59. The zero-order valence-electron chi connectivity index (χ0n) is 15.9. The summed E-state index contributed by atoms with van der Waals surface area (Å²) in [6, 6.07) is 15.1. The monoisotopic (exact) mass is 418 g/mol. The van der Waals surface area contributed by atoms with E-state index in [2.05, 4.69) is 5.32 Å². The van der Waals surface area contributed by atoms with Gasteiger partial charge in [0, 0.05) is 12.6 Å². The zero-order chi connectivity index (χ0) is 21.2. The summed E-state index contributed by atoms with van der Waals surface area (Å²) in [6.07, 6.45) is 0.904. The number of hydrogen-bond acceptors (Lipinski definition) is 3. The Morgan fingerprint density at radius 1 is 1.00 bits per heavy atom. The minimum absolute atomic E-state index is 0.125. The van der Waals surface area contributed by atoms with Crippen LogP contribution in [0.25, 0.3) is 10.8 Å². The molecule has 0 aliphatic carbocycles. The molecule has 0 bridgehead atoms. The van der Waals surface area contributed by atoms with Crippen molar-refractivity contribution in [3.63, 3.8) is 0 Å². The van der Waals surface area contributed by atoms with E-state index in [9.17, 15) is 22.0 Å². The van der Waals surface area contributed by atoms with Crippen molar-refractivity contribution in [2.75, 3.05) is 10.6 Å². The summed E-state index contributed by atoms with van der Waals surface area (Å²) >= 11 is 0. The predicted octanol–water partition coefficient (Wildman–Crippen LogP) is 3.59. The van der Waals surface area contributed by atoms with E-state index in [1.165, 1.54) is 6.92 Å². The van der Waals surface area contributed by atoms with E-state index < -0.39 is 33.6 Å².